The molecular formula is C19H22O4. The van der Waals surface area contributed by atoms with Crippen molar-refractivity contribution in [2.24, 2.45) is 0 Å². The van der Waals surface area contributed by atoms with Crippen molar-refractivity contribution in [3.05, 3.63) is 58.7 Å². The number of rotatable bonds is 5. The zero-order chi connectivity index (χ0) is 17.2. The molecule has 2 aromatic carbocycles. The standard InChI is InChI=1S/C10H12O2.C9H10O2/c1-2-3-8-4-5-10(12)9(6-8)7-11;1-2-7-3-4-9(11)8(5-7)6-10/h4-7,12H,2-3H2,1H3;3-6,11H,2H2,1H3. The number of aromatic hydroxyl groups is 2. The zero-order valence-corrected chi connectivity index (χ0v) is 13.5. The molecule has 0 saturated heterocycles. The molecule has 0 aliphatic rings. The highest BCUT2D eigenvalue weighted by Gasteiger charge is 2.00. The van der Waals surface area contributed by atoms with Crippen molar-refractivity contribution in [2.45, 2.75) is 33.1 Å². The molecule has 2 aromatic rings. The monoisotopic (exact) mass is 314 g/mol. The van der Waals surface area contributed by atoms with Crippen LogP contribution >= 0.6 is 0 Å². The van der Waals surface area contributed by atoms with Gasteiger partial charge in [-0.05, 0) is 48.2 Å². The van der Waals surface area contributed by atoms with Crippen molar-refractivity contribution in [1.29, 1.82) is 0 Å². The largest absolute Gasteiger partial charge is 0.507 e. The Kier molecular flexibility index (Phi) is 7.54. The van der Waals surface area contributed by atoms with Gasteiger partial charge in [0.1, 0.15) is 11.5 Å². The first kappa shape index (κ1) is 18.4. The van der Waals surface area contributed by atoms with Crippen molar-refractivity contribution in [3.8, 4) is 11.5 Å². The minimum absolute atomic E-state index is 0.0530. The maximum atomic E-state index is 10.4. The predicted molar refractivity (Wildman–Crippen MR) is 90.4 cm³/mol. The van der Waals surface area contributed by atoms with Crippen LogP contribution in [0.15, 0.2) is 36.4 Å². The van der Waals surface area contributed by atoms with Crippen molar-refractivity contribution in [2.75, 3.05) is 0 Å². The molecule has 0 spiro atoms. The summed E-state index contributed by atoms with van der Waals surface area (Å²) in [6, 6.07) is 10.2. The molecule has 0 unspecified atom stereocenters. The second-order valence-electron chi connectivity index (χ2n) is 5.13. The maximum Gasteiger partial charge on any atom is 0.153 e. The summed E-state index contributed by atoms with van der Waals surface area (Å²) < 4.78 is 0. The second kappa shape index (κ2) is 9.41. The van der Waals surface area contributed by atoms with Crippen LogP contribution in [0.25, 0.3) is 0 Å². The van der Waals surface area contributed by atoms with Crippen molar-refractivity contribution >= 4 is 12.6 Å². The van der Waals surface area contributed by atoms with Crippen LogP contribution in [-0.2, 0) is 12.8 Å². The van der Waals surface area contributed by atoms with Crippen molar-refractivity contribution < 1.29 is 19.8 Å². The van der Waals surface area contributed by atoms with E-state index >= 15 is 0 Å². The first-order valence-electron chi connectivity index (χ1n) is 7.59. The van der Waals surface area contributed by atoms with Crippen LogP contribution < -0.4 is 0 Å². The van der Waals surface area contributed by atoms with Gasteiger partial charge in [0.2, 0.25) is 0 Å². The van der Waals surface area contributed by atoms with Gasteiger partial charge in [-0.15, -0.1) is 0 Å². The van der Waals surface area contributed by atoms with E-state index in [1.165, 1.54) is 0 Å². The van der Waals surface area contributed by atoms with Gasteiger partial charge in [-0.3, -0.25) is 9.59 Å². The van der Waals surface area contributed by atoms with Crippen molar-refractivity contribution in [3.63, 3.8) is 0 Å². The molecule has 0 saturated carbocycles. The molecule has 0 atom stereocenters. The van der Waals surface area contributed by atoms with Gasteiger partial charge in [0, 0.05) is 0 Å². The molecule has 0 aliphatic carbocycles. The van der Waals surface area contributed by atoms with Crippen LogP contribution in [0.1, 0.15) is 52.1 Å². The molecule has 4 heteroatoms. The van der Waals surface area contributed by atoms with Gasteiger partial charge in [0.05, 0.1) is 11.1 Å². The van der Waals surface area contributed by atoms with Crippen LogP contribution in [0, 0.1) is 0 Å². The lowest BCUT2D eigenvalue weighted by molar-refractivity contribution is 0.111. The molecule has 122 valence electrons. The second-order valence-corrected chi connectivity index (χ2v) is 5.13. The third-order valence-corrected chi connectivity index (χ3v) is 3.38. The summed E-state index contributed by atoms with van der Waals surface area (Å²) in [7, 11) is 0. The number of benzene rings is 2. The van der Waals surface area contributed by atoms with E-state index < -0.39 is 0 Å². The average Bonchev–Trinajstić information content (AvgIpc) is 2.58. The molecule has 0 bridgehead atoms. The van der Waals surface area contributed by atoms with E-state index in [1.54, 1.807) is 24.3 Å². The number of hydrogen-bond donors (Lipinski definition) is 2. The smallest absolute Gasteiger partial charge is 0.153 e. The van der Waals surface area contributed by atoms with E-state index in [9.17, 15) is 14.7 Å². The number of phenols is 2. The first-order chi connectivity index (χ1) is 11.0. The summed E-state index contributed by atoms with van der Waals surface area (Å²) in [5.41, 5.74) is 2.90. The Balaban J connectivity index is 0.000000231. The van der Waals surface area contributed by atoms with Gasteiger partial charge in [-0.25, -0.2) is 0 Å². The molecular weight excluding hydrogens is 292 g/mol. The molecule has 2 N–H and O–H groups in total. The maximum absolute atomic E-state index is 10.4. The summed E-state index contributed by atoms with van der Waals surface area (Å²) in [4.78, 5) is 20.8. The molecule has 0 fully saturated rings. The third kappa shape index (κ3) is 5.58. The van der Waals surface area contributed by atoms with E-state index in [0.29, 0.717) is 23.7 Å². The molecule has 0 heterocycles. The summed E-state index contributed by atoms with van der Waals surface area (Å²) in [5.74, 6) is 0.113. The third-order valence-electron chi connectivity index (χ3n) is 3.38. The van der Waals surface area contributed by atoms with Gasteiger partial charge in [-0.1, -0.05) is 32.4 Å². The van der Waals surface area contributed by atoms with Crippen LogP contribution in [0.2, 0.25) is 0 Å². The Morgan fingerprint density at radius 1 is 0.826 bits per heavy atom. The number of hydrogen-bond acceptors (Lipinski definition) is 4. The Bertz CT molecular complexity index is 662. The number of carbonyl (C=O) groups is 2. The van der Waals surface area contributed by atoms with Gasteiger partial charge in [0.25, 0.3) is 0 Å². The molecule has 23 heavy (non-hydrogen) atoms. The van der Waals surface area contributed by atoms with Crippen LogP contribution in [0.3, 0.4) is 0 Å². The normalized spacial score (nSPS) is 9.65. The fraction of sp³-hybridized carbons (Fsp3) is 0.263. The van der Waals surface area contributed by atoms with Gasteiger partial charge in [0.15, 0.2) is 12.6 Å². The number of aryl methyl sites for hydroxylation is 2. The summed E-state index contributed by atoms with van der Waals surface area (Å²) >= 11 is 0. The summed E-state index contributed by atoms with van der Waals surface area (Å²) in [5, 5.41) is 18.3. The molecule has 2 rings (SSSR count). The average molecular weight is 314 g/mol. The number of carbonyl (C=O) groups excluding carboxylic acids is 2. The van der Waals surface area contributed by atoms with Crippen LogP contribution in [0.4, 0.5) is 0 Å². The number of aldehydes is 2. The number of phenolic OH excluding ortho intramolecular Hbond substituents is 2. The van der Waals surface area contributed by atoms with E-state index in [4.69, 9.17) is 5.11 Å². The van der Waals surface area contributed by atoms with E-state index in [0.717, 1.165) is 30.4 Å². The Hall–Kier alpha value is -2.62. The molecule has 0 radical (unpaired) electrons. The van der Waals surface area contributed by atoms with E-state index in [-0.39, 0.29) is 11.5 Å². The summed E-state index contributed by atoms with van der Waals surface area (Å²) in [6.07, 6.45) is 4.20. The Morgan fingerprint density at radius 3 is 1.74 bits per heavy atom. The topological polar surface area (TPSA) is 74.6 Å². The Morgan fingerprint density at radius 2 is 1.30 bits per heavy atom. The fourth-order valence-electron chi connectivity index (χ4n) is 2.06. The molecule has 0 amide bonds. The van der Waals surface area contributed by atoms with Crippen LogP contribution in [0.5, 0.6) is 11.5 Å². The minimum atomic E-state index is 0.0530. The highest BCUT2D eigenvalue weighted by Crippen LogP contribution is 2.17. The predicted octanol–water partition coefficient (Wildman–Crippen LogP) is 3.92. The SMILES string of the molecule is CCCc1ccc(O)c(C=O)c1.CCc1ccc(O)c(C=O)c1. The van der Waals surface area contributed by atoms with Gasteiger partial charge >= 0.3 is 0 Å². The quantitative estimate of drug-likeness (QED) is 0.820. The molecule has 4 nitrogen and oxygen atoms in total. The van der Waals surface area contributed by atoms with Gasteiger partial charge < -0.3 is 10.2 Å². The van der Waals surface area contributed by atoms with Crippen LogP contribution in [-0.4, -0.2) is 22.8 Å². The molecule has 0 aliphatic heterocycles. The lowest BCUT2D eigenvalue weighted by Crippen LogP contribution is -1.87. The lowest BCUT2D eigenvalue weighted by atomic mass is 10.1. The van der Waals surface area contributed by atoms with Crippen molar-refractivity contribution in [1.82, 2.24) is 0 Å². The zero-order valence-electron chi connectivity index (χ0n) is 13.5. The first-order valence-corrected chi connectivity index (χ1v) is 7.59. The van der Waals surface area contributed by atoms with E-state index in [2.05, 4.69) is 6.92 Å². The van der Waals surface area contributed by atoms with Gasteiger partial charge in [-0.2, -0.15) is 0 Å². The highest BCUT2D eigenvalue weighted by atomic mass is 16.3. The minimum Gasteiger partial charge on any atom is -0.507 e. The molecule has 0 aromatic heterocycles. The lowest BCUT2D eigenvalue weighted by Gasteiger charge is -2.00. The highest BCUT2D eigenvalue weighted by molar-refractivity contribution is 5.79. The fourth-order valence-corrected chi connectivity index (χ4v) is 2.06. The Labute approximate surface area is 136 Å². The summed E-state index contributed by atoms with van der Waals surface area (Å²) in [6.45, 7) is 4.08. The van der Waals surface area contributed by atoms with E-state index in [1.807, 2.05) is 19.1 Å².